The summed E-state index contributed by atoms with van der Waals surface area (Å²) in [5, 5.41) is 0. The summed E-state index contributed by atoms with van der Waals surface area (Å²) in [6.45, 7) is 10.6. The Kier molecular flexibility index (Phi) is 3.80. The van der Waals surface area contributed by atoms with E-state index in [0.29, 0.717) is 0 Å². The Morgan fingerprint density at radius 1 is 0.933 bits per heavy atom. The van der Waals surface area contributed by atoms with Crippen LogP contribution in [0.25, 0.3) is 0 Å². The molecule has 0 saturated heterocycles. The van der Waals surface area contributed by atoms with E-state index in [9.17, 15) is 0 Å². The van der Waals surface area contributed by atoms with Crippen molar-refractivity contribution in [2.45, 2.75) is 39.6 Å². The van der Waals surface area contributed by atoms with Crippen molar-refractivity contribution in [2.75, 3.05) is 0 Å². The second-order valence-electron chi connectivity index (χ2n) is 4.85. The van der Waals surface area contributed by atoms with E-state index in [1.54, 1.807) is 0 Å². The van der Waals surface area contributed by atoms with Crippen LogP contribution < -0.4 is 9.16 Å². The molecule has 0 radical (unpaired) electrons. The monoisotopic (exact) mass is 224 g/mol. The highest BCUT2D eigenvalue weighted by molar-refractivity contribution is 6.70. The van der Waals surface area contributed by atoms with Crippen molar-refractivity contribution in [1.82, 2.24) is 0 Å². The fourth-order valence-electron chi connectivity index (χ4n) is 1.21. The van der Waals surface area contributed by atoms with Gasteiger partial charge in [-0.2, -0.15) is 0 Å². The Morgan fingerprint density at radius 2 is 1.40 bits per heavy atom. The van der Waals surface area contributed by atoms with Crippen LogP contribution in [0, 0.1) is 0 Å². The summed E-state index contributed by atoms with van der Waals surface area (Å²) < 4.78 is 11.4. The van der Waals surface area contributed by atoms with Gasteiger partial charge in [0.1, 0.15) is 11.5 Å². The van der Waals surface area contributed by atoms with Gasteiger partial charge < -0.3 is 9.16 Å². The summed E-state index contributed by atoms with van der Waals surface area (Å²) in [7, 11) is -1.49. The van der Waals surface area contributed by atoms with Gasteiger partial charge in [-0.15, -0.1) is 0 Å². The third-order valence-electron chi connectivity index (χ3n) is 1.62. The molecule has 0 unspecified atom stereocenters. The molecule has 0 aliphatic rings. The zero-order valence-electron chi connectivity index (χ0n) is 10.2. The normalized spacial score (nSPS) is 11.6. The maximum Gasteiger partial charge on any atom is 0.242 e. The molecule has 1 rings (SSSR count). The maximum atomic E-state index is 5.84. The summed E-state index contributed by atoms with van der Waals surface area (Å²) in [6, 6.07) is 7.84. The zero-order chi connectivity index (χ0) is 11.5. The first-order chi connectivity index (χ1) is 6.87. The summed E-state index contributed by atoms with van der Waals surface area (Å²) in [4.78, 5) is 0. The molecular formula is C12H20O2Si. The molecule has 0 fully saturated rings. The lowest BCUT2D eigenvalue weighted by molar-refractivity contribution is 0.242. The van der Waals surface area contributed by atoms with Crippen LogP contribution in [-0.4, -0.2) is 14.4 Å². The van der Waals surface area contributed by atoms with E-state index in [-0.39, 0.29) is 6.10 Å². The number of hydrogen-bond donors (Lipinski definition) is 0. The smallest absolute Gasteiger partial charge is 0.242 e. The van der Waals surface area contributed by atoms with Crippen molar-refractivity contribution >= 4 is 8.32 Å². The maximum absolute atomic E-state index is 5.84. The van der Waals surface area contributed by atoms with Gasteiger partial charge in [-0.1, -0.05) is 0 Å². The van der Waals surface area contributed by atoms with Gasteiger partial charge in [-0.3, -0.25) is 0 Å². The van der Waals surface area contributed by atoms with Crippen LogP contribution in [0.5, 0.6) is 11.5 Å². The SMILES string of the molecule is CC(C)Oc1ccc(O[Si](C)(C)C)cc1. The first kappa shape index (κ1) is 12.1. The first-order valence-corrected chi connectivity index (χ1v) is 8.73. The van der Waals surface area contributed by atoms with Gasteiger partial charge in [0.25, 0.3) is 0 Å². The van der Waals surface area contributed by atoms with Gasteiger partial charge in [0.15, 0.2) is 0 Å². The van der Waals surface area contributed by atoms with Crippen molar-refractivity contribution in [3.63, 3.8) is 0 Å². The van der Waals surface area contributed by atoms with Crippen LogP contribution in [0.2, 0.25) is 19.6 Å². The molecule has 0 N–H and O–H groups in total. The lowest BCUT2D eigenvalue weighted by Crippen LogP contribution is -2.29. The summed E-state index contributed by atoms with van der Waals surface area (Å²) in [5.74, 6) is 1.83. The Bertz CT molecular complexity index is 298. The average molecular weight is 224 g/mol. The molecule has 0 bridgehead atoms. The molecule has 0 amide bonds. The van der Waals surface area contributed by atoms with Crippen molar-refractivity contribution in [3.05, 3.63) is 24.3 Å². The number of ether oxygens (including phenoxy) is 1. The van der Waals surface area contributed by atoms with E-state index in [0.717, 1.165) is 11.5 Å². The number of hydrogen-bond acceptors (Lipinski definition) is 2. The second kappa shape index (κ2) is 4.70. The van der Waals surface area contributed by atoms with Gasteiger partial charge in [-0.05, 0) is 57.8 Å². The molecule has 0 spiro atoms. The molecule has 0 heterocycles. The molecule has 0 saturated carbocycles. The Morgan fingerprint density at radius 3 is 1.80 bits per heavy atom. The molecule has 15 heavy (non-hydrogen) atoms. The minimum absolute atomic E-state index is 0.216. The van der Waals surface area contributed by atoms with Crippen molar-refractivity contribution in [1.29, 1.82) is 0 Å². The fourth-order valence-corrected chi connectivity index (χ4v) is 2.06. The van der Waals surface area contributed by atoms with Crippen molar-refractivity contribution < 1.29 is 9.16 Å². The summed E-state index contributed by atoms with van der Waals surface area (Å²) in [5.41, 5.74) is 0. The van der Waals surface area contributed by atoms with Crippen LogP contribution in [-0.2, 0) is 0 Å². The third-order valence-corrected chi connectivity index (χ3v) is 2.47. The second-order valence-corrected chi connectivity index (χ2v) is 9.28. The molecule has 0 aliphatic carbocycles. The lowest BCUT2D eigenvalue weighted by atomic mass is 10.3. The lowest BCUT2D eigenvalue weighted by Gasteiger charge is -2.19. The van der Waals surface area contributed by atoms with Gasteiger partial charge >= 0.3 is 0 Å². The third kappa shape index (κ3) is 4.88. The van der Waals surface area contributed by atoms with Crippen LogP contribution in [0.4, 0.5) is 0 Å². The van der Waals surface area contributed by atoms with E-state index in [1.165, 1.54) is 0 Å². The molecule has 3 heteroatoms. The quantitative estimate of drug-likeness (QED) is 0.726. The number of rotatable bonds is 4. The Balaban J connectivity index is 2.64. The van der Waals surface area contributed by atoms with Gasteiger partial charge in [0, 0.05) is 0 Å². The van der Waals surface area contributed by atoms with Crippen LogP contribution >= 0.6 is 0 Å². The van der Waals surface area contributed by atoms with E-state index in [2.05, 4.69) is 19.6 Å². The van der Waals surface area contributed by atoms with Gasteiger partial charge in [0.05, 0.1) is 6.10 Å². The largest absolute Gasteiger partial charge is 0.544 e. The van der Waals surface area contributed by atoms with Crippen LogP contribution in [0.1, 0.15) is 13.8 Å². The molecule has 0 aromatic heterocycles. The highest BCUT2D eigenvalue weighted by atomic mass is 28.4. The van der Waals surface area contributed by atoms with Crippen LogP contribution in [0.3, 0.4) is 0 Å². The zero-order valence-corrected chi connectivity index (χ0v) is 11.2. The summed E-state index contributed by atoms with van der Waals surface area (Å²) in [6.07, 6.45) is 0.216. The van der Waals surface area contributed by atoms with E-state index in [4.69, 9.17) is 9.16 Å². The van der Waals surface area contributed by atoms with E-state index < -0.39 is 8.32 Å². The highest BCUT2D eigenvalue weighted by Gasteiger charge is 2.15. The standard InChI is InChI=1S/C12H20O2Si/c1-10(2)13-11-6-8-12(9-7-11)14-15(3,4)5/h6-10H,1-5H3. The number of benzene rings is 1. The Hall–Kier alpha value is -0.963. The summed E-state index contributed by atoms with van der Waals surface area (Å²) >= 11 is 0. The topological polar surface area (TPSA) is 18.5 Å². The van der Waals surface area contributed by atoms with E-state index in [1.807, 2.05) is 38.1 Å². The van der Waals surface area contributed by atoms with Crippen molar-refractivity contribution in [2.24, 2.45) is 0 Å². The first-order valence-electron chi connectivity index (χ1n) is 5.32. The predicted molar refractivity (Wildman–Crippen MR) is 66.2 cm³/mol. The predicted octanol–water partition coefficient (Wildman–Crippen LogP) is 3.69. The Labute approximate surface area is 93.4 Å². The molecule has 1 aromatic rings. The average Bonchev–Trinajstić information content (AvgIpc) is 2.05. The van der Waals surface area contributed by atoms with Crippen LogP contribution in [0.15, 0.2) is 24.3 Å². The van der Waals surface area contributed by atoms with Gasteiger partial charge in [-0.25, -0.2) is 0 Å². The van der Waals surface area contributed by atoms with E-state index >= 15 is 0 Å². The molecule has 0 aliphatic heterocycles. The fraction of sp³-hybridized carbons (Fsp3) is 0.500. The highest BCUT2D eigenvalue weighted by Crippen LogP contribution is 2.21. The minimum Gasteiger partial charge on any atom is -0.544 e. The van der Waals surface area contributed by atoms with Gasteiger partial charge in [0.2, 0.25) is 8.32 Å². The molecular weight excluding hydrogens is 204 g/mol. The molecule has 84 valence electrons. The molecule has 0 atom stereocenters. The molecule has 2 nitrogen and oxygen atoms in total. The molecule has 1 aromatic carbocycles. The van der Waals surface area contributed by atoms with Crippen molar-refractivity contribution in [3.8, 4) is 11.5 Å². The minimum atomic E-state index is -1.49.